The zero-order valence-electron chi connectivity index (χ0n) is 35.4. The number of hydrogen-bond donors (Lipinski definition) is 4. The van der Waals surface area contributed by atoms with Crippen LogP contribution in [0, 0.1) is 6.08 Å². The number of fused-ring (bicyclic) bond motifs is 1. The van der Waals surface area contributed by atoms with Gasteiger partial charge in [0.1, 0.15) is 37.6 Å². The van der Waals surface area contributed by atoms with E-state index in [0.29, 0.717) is 12.8 Å². The first kappa shape index (κ1) is 50.6. The van der Waals surface area contributed by atoms with Crippen molar-refractivity contribution in [1.82, 2.24) is 19.5 Å². The van der Waals surface area contributed by atoms with Gasteiger partial charge < -0.3 is 35.1 Å². The molecule has 0 aromatic carbocycles. The predicted molar refractivity (Wildman–Crippen MR) is 220 cm³/mol. The van der Waals surface area contributed by atoms with Crippen LogP contribution in [-0.4, -0.2) is 90.8 Å². The number of phosphoric ester groups is 1. The molecular weight excluding hydrogens is 788 g/mol. The Kier molecular flexibility index (Phi) is 24.6. The molecule has 0 bridgehead atoms. The molecule has 0 aliphatic carbocycles. The molecule has 0 amide bonds. The van der Waals surface area contributed by atoms with E-state index in [1.807, 2.05) is 0 Å². The first-order valence-electron chi connectivity index (χ1n) is 22.1. The smallest absolute Gasteiger partial charge is 0.463 e. The Morgan fingerprint density at radius 1 is 0.780 bits per heavy atom. The van der Waals surface area contributed by atoms with E-state index in [-0.39, 0.29) is 29.8 Å². The highest BCUT2D eigenvalue weighted by atomic mass is 31.2. The van der Waals surface area contributed by atoms with Crippen LogP contribution in [0.4, 0.5) is 10.2 Å². The minimum atomic E-state index is -4.96. The van der Waals surface area contributed by atoms with Crippen molar-refractivity contribution in [2.45, 2.75) is 199 Å². The number of unbranched alkanes of at least 4 members (excludes halogenated alkanes) is 20. The maximum absolute atomic E-state index is 13.9. The highest BCUT2D eigenvalue weighted by molar-refractivity contribution is 7.47. The third-order valence-corrected chi connectivity index (χ3v) is 11.6. The number of carbonyl (C=O) groups excluding carboxylic acids is 2. The van der Waals surface area contributed by atoms with Crippen molar-refractivity contribution in [1.29, 1.82) is 0 Å². The standard InChI is InChI=1S/C41H71FN5O11P/c1-3-5-7-9-11-13-15-17-19-21-23-25-33(48)54-27-31(28-55-34(49)26-24-22-20-18-16-14-12-10-8-6-4-2)58-59(52,53)56-29-32-36(50)37(51)40(57-32)47-30-44-35-38(43)45-41(42)46-39(35)47/h30-32,36-37,40,50-51H,3-29H2,1-2H3,(H,52,53)(H2,43,45,46)/t32-,36-,37+,40-/m1/s1. The molecule has 59 heavy (non-hydrogen) atoms. The van der Waals surface area contributed by atoms with E-state index in [0.717, 1.165) is 43.1 Å². The Labute approximate surface area is 349 Å². The molecule has 1 unspecified atom stereocenters. The van der Waals surface area contributed by atoms with E-state index in [1.165, 1.54) is 96.2 Å². The summed E-state index contributed by atoms with van der Waals surface area (Å²) in [6.45, 7) is 2.73. The van der Waals surface area contributed by atoms with Crippen LogP contribution in [-0.2, 0) is 37.4 Å². The summed E-state index contributed by atoms with van der Waals surface area (Å²) in [4.78, 5) is 46.9. The Morgan fingerprint density at radius 3 is 1.71 bits per heavy atom. The zero-order valence-corrected chi connectivity index (χ0v) is 36.2. The van der Waals surface area contributed by atoms with E-state index in [4.69, 9.17) is 29.0 Å². The number of aliphatic hydroxyl groups excluding tert-OH is 2. The van der Waals surface area contributed by atoms with Crippen LogP contribution in [0.2, 0.25) is 0 Å². The molecule has 0 spiro atoms. The maximum Gasteiger partial charge on any atom is 0.472 e. The van der Waals surface area contributed by atoms with Crippen LogP contribution < -0.4 is 5.73 Å². The number of aromatic nitrogens is 4. The number of hydrogen-bond acceptors (Lipinski definition) is 14. The van der Waals surface area contributed by atoms with Gasteiger partial charge in [0.05, 0.1) is 12.9 Å². The van der Waals surface area contributed by atoms with Crippen molar-refractivity contribution in [3.8, 4) is 0 Å². The number of halogens is 1. The van der Waals surface area contributed by atoms with Gasteiger partial charge in [-0.2, -0.15) is 14.4 Å². The summed E-state index contributed by atoms with van der Waals surface area (Å²) in [5, 5.41) is 21.4. The minimum Gasteiger partial charge on any atom is -0.463 e. The summed E-state index contributed by atoms with van der Waals surface area (Å²) >= 11 is 0. The van der Waals surface area contributed by atoms with Gasteiger partial charge in [0.25, 0.3) is 0 Å². The van der Waals surface area contributed by atoms with Gasteiger partial charge in [-0.1, -0.05) is 142 Å². The number of nitrogens with two attached hydrogens (primary N) is 1. The van der Waals surface area contributed by atoms with Gasteiger partial charge in [0.15, 0.2) is 23.2 Å². The second-order valence-corrected chi connectivity index (χ2v) is 17.1. The fourth-order valence-corrected chi connectivity index (χ4v) is 7.97. The largest absolute Gasteiger partial charge is 0.472 e. The van der Waals surface area contributed by atoms with Crippen LogP contribution in [0.5, 0.6) is 0 Å². The number of nitrogens with zero attached hydrogens (tertiary/aromatic N) is 4. The molecule has 5 atom stereocenters. The molecule has 0 radical (unpaired) electrons. The molecule has 0 saturated carbocycles. The first-order valence-corrected chi connectivity index (χ1v) is 23.6. The van der Waals surface area contributed by atoms with Gasteiger partial charge in [0.2, 0.25) is 0 Å². The molecule has 3 heterocycles. The topological polar surface area (TPSA) is 228 Å². The van der Waals surface area contributed by atoms with Gasteiger partial charge in [-0.3, -0.25) is 23.2 Å². The normalized spacial score (nSPS) is 19.1. The molecule has 2 aromatic rings. The van der Waals surface area contributed by atoms with Crippen LogP contribution in [0.3, 0.4) is 0 Å². The highest BCUT2D eigenvalue weighted by Crippen LogP contribution is 2.46. The Hall–Kier alpha value is -2.79. The van der Waals surface area contributed by atoms with E-state index in [9.17, 15) is 33.7 Å². The maximum atomic E-state index is 13.9. The van der Waals surface area contributed by atoms with E-state index < -0.39 is 76.3 Å². The van der Waals surface area contributed by atoms with Crippen molar-refractivity contribution in [3.05, 3.63) is 12.4 Å². The lowest BCUT2D eigenvalue weighted by atomic mass is 10.1. The lowest BCUT2D eigenvalue weighted by molar-refractivity contribution is -0.152. The molecular formula is C41H71FN5O11P. The molecule has 1 aliphatic heterocycles. The molecule has 338 valence electrons. The predicted octanol–water partition coefficient (Wildman–Crippen LogP) is 8.16. The van der Waals surface area contributed by atoms with Crippen molar-refractivity contribution >= 4 is 36.7 Å². The lowest BCUT2D eigenvalue weighted by Crippen LogP contribution is -2.34. The molecule has 2 aromatic heterocycles. The summed E-state index contributed by atoms with van der Waals surface area (Å²) in [5.74, 6) is -1.28. The number of rotatable bonds is 34. The average molecular weight is 860 g/mol. The third kappa shape index (κ3) is 19.6. The molecule has 5 N–H and O–H groups in total. The van der Waals surface area contributed by atoms with Crippen LogP contribution in [0.1, 0.15) is 174 Å². The molecule has 1 aliphatic rings. The summed E-state index contributed by atoms with van der Waals surface area (Å²) < 4.78 is 55.1. The fourth-order valence-electron chi connectivity index (χ4n) is 7.07. The molecule has 3 rings (SSSR count). The van der Waals surface area contributed by atoms with Crippen molar-refractivity contribution in [2.75, 3.05) is 25.6 Å². The second-order valence-electron chi connectivity index (χ2n) is 15.7. The Morgan fingerprint density at radius 2 is 1.24 bits per heavy atom. The zero-order chi connectivity index (χ0) is 42.9. The third-order valence-electron chi connectivity index (χ3n) is 10.5. The quantitative estimate of drug-likeness (QED) is 0.0225. The monoisotopic (exact) mass is 859 g/mol. The number of nitrogen functional groups attached to an aromatic ring is 1. The minimum absolute atomic E-state index is 0.0368. The van der Waals surface area contributed by atoms with Gasteiger partial charge in [-0.15, -0.1) is 0 Å². The second kappa shape index (κ2) is 28.7. The van der Waals surface area contributed by atoms with Gasteiger partial charge in [0, 0.05) is 12.8 Å². The number of phosphoric acid groups is 1. The average Bonchev–Trinajstić information content (AvgIpc) is 3.75. The van der Waals surface area contributed by atoms with Crippen LogP contribution in [0.25, 0.3) is 11.2 Å². The number of esters is 2. The molecule has 1 saturated heterocycles. The number of aliphatic hydroxyl groups is 2. The Bertz CT molecular complexity index is 1500. The number of carbonyl (C=O) groups is 2. The molecule has 1 fully saturated rings. The van der Waals surface area contributed by atoms with Crippen molar-refractivity contribution in [2.24, 2.45) is 0 Å². The molecule has 16 nitrogen and oxygen atoms in total. The summed E-state index contributed by atoms with van der Waals surface area (Å²) in [5.41, 5.74) is 5.65. The van der Waals surface area contributed by atoms with Crippen LogP contribution in [0.15, 0.2) is 6.33 Å². The van der Waals surface area contributed by atoms with E-state index >= 15 is 0 Å². The highest BCUT2D eigenvalue weighted by Gasteiger charge is 2.45. The summed E-state index contributed by atoms with van der Waals surface area (Å²) in [7, 11) is -4.96. The lowest BCUT2D eigenvalue weighted by Gasteiger charge is -2.22. The van der Waals surface area contributed by atoms with E-state index in [1.54, 1.807) is 0 Å². The summed E-state index contributed by atoms with van der Waals surface area (Å²) in [6.07, 6.45) is 17.9. The van der Waals surface area contributed by atoms with Gasteiger partial charge >= 0.3 is 25.8 Å². The van der Waals surface area contributed by atoms with Crippen molar-refractivity contribution < 1.29 is 56.9 Å². The number of ether oxygens (including phenoxy) is 3. The number of imidazole rings is 1. The SMILES string of the molecule is CCCCCCCCCCCCCC(=O)OCC(COC(=O)CCCCCCCCCCCCC)OP(=O)(O)OC[C@H]1O[C@@H](n2cnc3c(N)nc(F)nc32)[C@@H](O)[C@@H]1O. The fraction of sp³-hybridized carbons (Fsp3) is 0.829. The Balaban J connectivity index is 1.46. The number of anilines is 1. The summed E-state index contributed by atoms with van der Waals surface area (Å²) in [6, 6.07) is 0. The van der Waals surface area contributed by atoms with Crippen LogP contribution >= 0.6 is 7.82 Å². The molecule has 18 heteroatoms. The first-order chi connectivity index (χ1) is 28.5. The van der Waals surface area contributed by atoms with Gasteiger partial charge in [-0.25, -0.2) is 9.55 Å². The van der Waals surface area contributed by atoms with Gasteiger partial charge in [-0.05, 0) is 12.8 Å². The van der Waals surface area contributed by atoms with E-state index in [2.05, 4.69) is 28.8 Å². The van der Waals surface area contributed by atoms with Crippen molar-refractivity contribution in [3.63, 3.8) is 0 Å².